The van der Waals surface area contributed by atoms with E-state index in [4.69, 9.17) is 24.0 Å². The van der Waals surface area contributed by atoms with Crippen molar-refractivity contribution in [3.05, 3.63) is 18.2 Å². The largest absolute Gasteiger partial charge is 0.493 e. The van der Waals surface area contributed by atoms with E-state index in [-0.39, 0.29) is 11.5 Å². The number of aliphatic hydroxyl groups excluding tert-OH is 1. The third-order valence-corrected chi connectivity index (χ3v) is 2.63. The van der Waals surface area contributed by atoms with E-state index in [2.05, 4.69) is 0 Å². The van der Waals surface area contributed by atoms with Gasteiger partial charge in [0.1, 0.15) is 0 Å². The Morgan fingerprint density at radius 3 is 2.38 bits per heavy atom. The first kappa shape index (κ1) is 12.8. The van der Waals surface area contributed by atoms with Gasteiger partial charge < -0.3 is 24.0 Å². The van der Waals surface area contributed by atoms with Gasteiger partial charge in [0.05, 0.1) is 14.2 Å². The molecule has 0 bridgehead atoms. The van der Waals surface area contributed by atoms with E-state index in [1.807, 2.05) is 0 Å². The lowest BCUT2D eigenvalue weighted by Crippen LogP contribution is -1.99. The number of rotatable bonds is 5. The highest BCUT2D eigenvalue weighted by molar-refractivity contribution is 7.52. The summed E-state index contributed by atoms with van der Waals surface area (Å²) >= 11 is 0. The molecule has 0 saturated heterocycles. The maximum Gasteiger partial charge on any atom is 0.401 e. The fourth-order valence-corrected chi connectivity index (χ4v) is 1.62. The van der Waals surface area contributed by atoms with Crippen LogP contribution >= 0.6 is 7.60 Å². The van der Waals surface area contributed by atoms with Gasteiger partial charge in [-0.2, -0.15) is 0 Å². The van der Waals surface area contributed by atoms with Crippen molar-refractivity contribution >= 4 is 7.60 Å². The Balaban J connectivity index is 3.09. The van der Waals surface area contributed by atoms with Crippen molar-refractivity contribution in [2.24, 2.45) is 0 Å². The molecule has 0 aliphatic carbocycles. The number of methoxy groups -OCH3 is 2. The molecular formula is C9H13O6P. The van der Waals surface area contributed by atoms with Crippen LogP contribution in [-0.2, 0) is 4.57 Å². The second kappa shape index (κ2) is 5.21. The van der Waals surface area contributed by atoms with Gasteiger partial charge in [0.15, 0.2) is 17.8 Å². The predicted molar refractivity (Wildman–Crippen MR) is 57.1 cm³/mol. The Morgan fingerprint density at radius 1 is 1.25 bits per heavy atom. The number of aliphatic hydroxyl groups is 1. The molecule has 0 saturated carbocycles. The quantitative estimate of drug-likeness (QED) is 0.762. The molecule has 0 amide bonds. The molecule has 90 valence electrons. The van der Waals surface area contributed by atoms with Gasteiger partial charge in [0.25, 0.3) is 0 Å². The summed E-state index contributed by atoms with van der Waals surface area (Å²) in [6, 6.07) is 4.64. The molecule has 0 heterocycles. The van der Waals surface area contributed by atoms with Crippen LogP contribution in [0.25, 0.3) is 0 Å². The smallest absolute Gasteiger partial charge is 0.401 e. The molecule has 7 heteroatoms. The first-order valence-electron chi connectivity index (χ1n) is 4.37. The highest BCUT2D eigenvalue weighted by Crippen LogP contribution is 2.47. The summed E-state index contributed by atoms with van der Waals surface area (Å²) in [5.41, 5.74) is 0. The van der Waals surface area contributed by atoms with Crippen LogP contribution in [0.3, 0.4) is 0 Å². The number of hydrogen-bond acceptors (Lipinski definition) is 5. The Hall–Kier alpha value is -1.23. The summed E-state index contributed by atoms with van der Waals surface area (Å²) in [6.07, 6.45) is -0.965. The van der Waals surface area contributed by atoms with Crippen LogP contribution in [-0.4, -0.2) is 30.6 Å². The summed E-state index contributed by atoms with van der Waals surface area (Å²) in [4.78, 5) is 9.15. The zero-order valence-electron chi connectivity index (χ0n) is 8.91. The molecule has 2 N–H and O–H groups in total. The number of benzene rings is 1. The predicted octanol–water partition coefficient (Wildman–Crippen LogP) is 1.22. The van der Waals surface area contributed by atoms with E-state index in [1.165, 1.54) is 20.3 Å². The Morgan fingerprint density at radius 2 is 1.88 bits per heavy atom. The van der Waals surface area contributed by atoms with E-state index in [9.17, 15) is 4.57 Å². The van der Waals surface area contributed by atoms with Crippen molar-refractivity contribution in [1.29, 1.82) is 0 Å². The van der Waals surface area contributed by atoms with Crippen molar-refractivity contribution in [1.82, 2.24) is 0 Å². The highest BCUT2D eigenvalue weighted by atomic mass is 31.2. The second-order valence-electron chi connectivity index (χ2n) is 2.86. The van der Waals surface area contributed by atoms with Crippen molar-refractivity contribution in [3.8, 4) is 17.2 Å². The Bertz CT molecular complexity index is 405. The molecule has 1 atom stereocenters. The average Bonchev–Trinajstić information content (AvgIpc) is 2.28. The van der Waals surface area contributed by atoms with E-state index < -0.39 is 13.9 Å². The topological polar surface area (TPSA) is 85.2 Å². The van der Waals surface area contributed by atoms with Crippen LogP contribution in [0.15, 0.2) is 18.2 Å². The molecule has 0 fully saturated rings. The van der Waals surface area contributed by atoms with E-state index >= 15 is 0 Å². The van der Waals surface area contributed by atoms with Crippen LogP contribution in [0.1, 0.15) is 0 Å². The third kappa shape index (κ3) is 2.88. The van der Waals surface area contributed by atoms with E-state index in [0.29, 0.717) is 5.75 Å². The van der Waals surface area contributed by atoms with Gasteiger partial charge >= 0.3 is 7.60 Å². The molecule has 1 unspecified atom stereocenters. The molecule has 0 spiro atoms. The molecular weight excluding hydrogens is 235 g/mol. The summed E-state index contributed by atoms with van der Waals surface area (Å²) < 4.78 is 26.0. The summed E-state index contributed by atoms with van der Waals surface area (Å²) in [5, 5.41) is 8.64. The standard InChI is InChI=1S/C9H13O6P/c1-13-7-4-3-5-8(9(7)14-2)15-16(11,12)6-10/h3-5,10H,6H2,1-2H3,(H,11,12). The lowest BCUT2D eigenvalue weighted by molar-refractivity contribution is 0.285. The molecule has 6 nitrogen and oxygen atoms in total. The molecule has 0 aromatic heterocycles. The molecule has 1 aromatic rings. The first-order chi connectivity index (χ1) is 7.54. The monoisotopic (exact) mass is 248 g/mol. The lowest BCUT2D eigenvalue weighted by Gasteiger charge is -2.15. The molecule has 0 aliphatic rings. The number of ether oxygens (including phenoxy) is 2. The van der Waals surface area contributed by atoms with Crippen LogP contribution in [0.5, 0.6) is 17.2 Å². The minimum atomic E-state index is -4.05. The Kier molecular flexibility index (Phi) is 4.18. The molecule has 0 aliphatic heterocycles. The van der Waals surface area contributed by atoms with Crippen molar-refractivity contribution < 1.29 is 28.6 Å². The normalized spacial score (nSPS) is 14.0. The van der Waals surface area contributed by atoms with E-state index in [0.717, 1.165) is 0 Å². The minimum Gasteiger partial charge on any atom is -0.493 e. The summed E-state index contributed by atoms with van der Waals surface area (Å²) in [6.45, 7) is 0. The molecule has 1 rings (SSSR count). The van der Waals surface area contributed by atoms with Gasteiger partial charge in [-0.05, 0) is 12.1 Å². The third-order valence-electron chi connectivity index (χ3n) is 1.79. The van der Waals surface area contributed by atoms with Gasteiger partial charge in [-0.3, -0.25) is 0 Å². The molecule has 16 heavy (non-hydrogen) atoms. The lowest BCUT2D eigenvalue weighted by atomic mass is 10.3. The average molecular weight is 248 g/mol. The maximum absolute atomic E-state index is 11.2. The van der Waals surface area contributed by atoms with Crippen LogP contribution in [0.4, 0.5) is 0 Å². The highest BCUT2D eigenvalue weighted by Gasteiger charge is 2.22. The fraction of sp³-hybridized carbons (Fsp3) is 0.333. The summed E-state index contributed by atoms with van der Waals surface area (Å²) in [5.74, 6) is 0.618. The van der Waals surface area contributed by atoms with Gasteiger partial charge in [-0.25, -0.2) is 4.57 Å². The first-order valence-corrected chi connectivity index (χ1v) is 6.13. The van der Waals surface area contributed by atoms with Gasteiger partial charge in [-0.15, -0.1) is 0 Å². The van der Waals surface area contributed by atoms with Crippen molar-refractivity contribution in [2.45, 2.75) is 0 Å². The zero-order valence-corrected chi connectivity index (χ0v) is 9.81. The molecule has 1 aromatic carbocycles. The minimum absolute atomic E-state index is 0.0433. The number of para-hydroxylation sites is 1. The second-order valence-corrected chi connectivity index (χ2v) is 4.60. The van der Waals surface area contributed by atoms with Gasteiger partial charge in [0.2, 0.25) is 5.75 Å². The van der Waals surface area contributed by atoms with E-state index in [1.54, 1.807) is 12.1 Å². The molecule has 0 radical (unpaired) electrons. The SMILES string of the molecule is COc1cccc(OP(=O)(O)CO)c1OC. The van der Waals surface area contributed by atoms with Crippen LogP contribution < -0.4 is 14.0 Å². The fourth-order valence-electron chi connectivity index (χ4n) is 1.11. The summed E-state index contributed by atoms with van der Waals surface area (Å²) in [7, 11) is -1.23. The van der Waals surface area contributed by atoms with Gasteiger partial charge in [-0.1, -0.05) is 6.07 Å². The van der Waals surface area contributed by atoms with Crippen molar-refractivity contribution in [2.75, 3.05) is 20.6 Å². The van der Waals surface area contributed by atoms with Crippen LogP contribution in [0.2, 0.25) is 0 Å². The van der Waals surface area contributed by atoms with Crippen molar-refractivity contribution in [3.63, 3.8) is 0 Å². The van der Waals surface area contributed by atoms with Crippen LogP contribution in [0, 0.1) is 0 Å². The zero-order chi connectivity index (χ0) is 12.2. The Labute approximate surface area is 92.9 Å². The van der Waals surface area contributed by atoms with Gasteiger partial charge in [0, 0.05) is 0 Å². The number of hydrogen-bond donors (Lipinski definition) is 2. The maximum atomic E-state index is 11.2.